The maximum absolute atomic E-state index is 11.3. The molecule has 1 aromatic rings. The first-order chi connectivity index (χ1) is 9.15. The number of carbonyl (C=O) groups is 2. The van der Waals surface area contributed by atoms with Crippen LogP contribution in [0.1, 0.15) is 46.1 Å². The lowest BCUT2D eigenvalue weighted by Crippen LogP contribution is -2.09. The predicted octanol–water partition coefficient (Wildman–Crippen LogP) is 3.59. The molecular formula is C16H24O3. The molecule has 0 amide bonds. The fraction of sp³-hybridized carbons (Fsp3) is 0.500. The van der Waals surface area contributed by atoms with Gasteiger partial charge < -0.3 is 4.74 Å². The van der Waals surface area contributed by atoms with Crippen LogP contribution in [0.5, 0.6) is 5.75 Å². The number of carbonyl (C=O) groups excluding carboxylic acids is 2. The Bertz CT molecular complexity index is 397. The molecule has 0 saturated carbocycles. The van der Waals surface area contributed by atoms with Gasteiger partial charge >= 0.3 is 0 Å². The van der Waals surface area contributed by atoms with E-state index in [0.29, 0.717) is 25.0 Å². The van der Waals surface area contributed by atoms with Gasteiger partial charge in [0.05, 0.1) is 0 Å². The summed E-state index contributed by atoms with van der Waals surface area (Å²) in [5.41, 5.74) is 0.929. The van der Waals surface area contributed by atoms with E-state index >= 15 is 0 Å². The molecule has 0 heterocycles. The van der Waals surface area contributed by atoms with Crippen LogP contribution in [0.25, 0.3) is 0 Å². The summed E-state index contributed by atoms with van der Waals surface area (Å²) in [4.78, 5) is 22.4. The lowest BCUT2D eigenvalue weighted by atomic mass is 10.1. The van der Waals surface area contributed by atoms with E-state index in [4.69, 9.17) is 4.74 Å². The molecule has 0 radical (unpaired) electrons. The number of rotatable bonds is 7. The van der Waals surface area contributed by atoms with Crippen molar-refractivity contribution in [1.82, 2.24) is 0 Å². The third-order valence-corrected chi connectivity index (χ3v) is 2.49. The number of hydrogen-bond acceptors (Lipinski definition) is 3. The third kappa shape index (κ3) is 7.39. The molecule has 0 spiro atoms. The van der Waals surface area contributed by atoms with Gasteiger partial charge in [-0.3, -0.25) is 9.59 Å². The molecule has 0 N–H and O–H groups in total. The topological polar surface area (TPSA) is 43.4 Å². The zero-order valence-corrected chi connectivity index (χ0v) is 12.4. The number of Topliss-reactive ketones (excluding diaryl/α,β-unsaturated/α-hetero) is 2. The zero-order valence-electron chi connectivity index (χ0n) is 12.4. The average molecular weight is 264 g/mol. The first kappa shape index (κ1) is 17.4. The molecule has 19 heavy (non-hydrogen) atoms. The fourth-order valence-electron chi connectivity index (χ4n) is 1.36. The molecule has 0 saturated heterocycles. The Hall–Kier alpha value is -1.64. The largest absolute Gasteiger partial charge is 0.486 e. The highest BCUT2D eigenvalue weighted by molar-refractivity contribution is 5.80. The Morgan fingerprint density at radius 2 is 1.68 bits per heavy atom. The Kier molecular flexibility index (Phi) is 9.41. The molecule has 1 rings (SSSR count). The van der Waals surface area contributed by atoms with Crippen LogP contribution < -0.4 is 4.74 Å². The van der Waals surface area contributed by atoms with Crippen LogP contribution in [0.15, 0.2) is 24.3 Å². The van der Waals surface area contributed by atoms with E-state index in [2.05, 4.69) is 0 Å². The first-order valence-corrected chi connectivity index (χ1v) is 6.90. The second kappa shape index (κ2) is 10.3. The van der Waals surface area contributed by atoms with Crippen LogP contribution in [0, 0.1) is 0 Å². The molecule has 0 atom stereocenters. The Morgan fingerprint density at radius 1 is 1.05 bits per heavy atom. The molecule has 0 unspecified atom stereocenters. The van der Waals surface area contributed by atoms with Crippen molar-refractivity contribution in [1.29, 1.82) is 0 Å². The van der Waals surface area contributed by atoms with Gasteiger partial charge in [-0.25, -0.2) is 0 Å². The summed E-state index contributed by atoms with van der Waals surface area (Å²) in [7, 11) is 0. The minimum Gasteiger partial charge on any atom is -0.486 e. The molecule has 0 aliphatic carbocycles. The fourth-order valence-corrected chi connectivity index (χ4v) is 1.36. The minimum absolute atomic E-state index is 0.0695. The molecule has 0 bridgehead atoms. The average Bonchev–Trinajstić information content (AvgIpc) is 2.47. The Morgan fingerprint density at radius 3 is 2.26 bits per heavy atom. The van der Waals surface area contributed by atoms with E-state index in [1.54, 1.807) is 6.07 Å². The van der Waals surface area contributed by atoms with Crippen LogP contribution >= 0.6 is 0 Å². The molecule has 106 valence electrons. The van der Waals surface area contributed by atoms with Crippen molar-refractivity contribution in [2.24, 2.45) is 0 Å². The number of ketones is 2. The summed E-state index contributed by atoms with van der Waals surface area (Å²) < 4.78 is 5.35. The Labute approximate surface area is 116 Å². The summed E-state index contributed by atoms with van der Waals surface area (Å²) in [6.07, 6.45) is 1.45. The van der Waals surface area contributed by atoms with Crippen LogP contribution in [-0.2, 0) is 16.0 Å². The zero-order chi connectivity index (χ0) is 14.7. The number of hydrogen-bond donors (Lipinski definition) is 0. The maximum atomic E-state index is 11.3. The highest BCUT2D eigenvalue weighted by Crippen LogP contribution is 2.14. The second-order valence-electron chi connectivity index (χ2n) is 3.90. The summed E-state index contributed by atoms with van der Waals surface area (Å²) in [5, 5.41) is 0. The summed E-state index contributed by atoms with van der Waals surface area (Å²) in [6.45, 7) is 7.76. The first-order valence-electron chi connectivity index (χ1n) is 6.90. The van der Waals surface area contributed by atoms with Crippen molar-refractivity contribution < 1.29 is 14.3 Å². The van der Waals surface area contributed by atoms with Crippen molar-refractivity contribution in [2.45, 2.75) is 47.0 Å². The van der Waals surface area contributed by atoms with Crippen LogP contribution in [0.4, 0.5) is 0 Å². The molecule has 0 aliphatic heterocycles. The standard InChI is InChI=1S/C14H18O3.C2H6/c1-3-12(15)8-11-6-5-7-14(9-11)17-10-13(16)4-2;1-2/h5-7,9H,3-4,8,10H2,1-2H3;1-2H3. The quantitative estimate of drug-likeness (QED) is 0.756. The van der Waals surface area contributed by atoms with E-state index in [0.717, 1.165) is 5.56 Å². The van der Waals surface area contributed by atoms with E-state index in [1.165, 1.54) is 0 Å². The van der Waals surface area contributed by atoms with Crippen molar-refractivity contribution >= 4 is 11.6 Å². The SMILES string of the molecule is CC.CCC(=O)COc1cccc(CC(=O)CC)c1. The Balaban J connectivity index is 0.00000154. The van der Waals surface area contributed by atoms with Crippen LogP contribution in [0.3, 0.4) is 0 Å². The molecule has 3 heteroatoms. The minimum atomic E-state index is 0.0695. The van der Waals surface area contributed by atoms with Gasteiger partial charge in [0, 0.05) is 19.3 Å². The molecule has 0 aliphatic rings. The van der Waals surface area contributed by atoms with E-state index < -0.39 is 0 Å². The van der Waals surface area contributed by atoms with Gasteiger partial charge in [0.15, 0.2) is 5.78 Å². The molecule has 3 nitrogen and oxygen atoms in total. The molecule has 0 aromatic heterocycles. The normalized spacial score (nSPS) is 9.26. The summed E-state index contributed by atoms with van der Waals surface area (Å²) in [6, 6.07) is 7.34. The summed E-state index contributed by atoms with van der Waals surface area (Å²) >= 11 is 0. The van der Waals surface area contributed by atoms with Gasteiger partial charge in [-0.1, -0.05) is 39.8 Å². The van der Waals surface area contributed by atoms with Crippen LogP contribution in [-0.4, -0.2) is 18.2 Å². The maximum Gasteiger partial charge on any atom is 0.169 e. The number of benzene rings is 1. The third-order valence-electron chi connectivity index (χ3n) is 2.49. The van der Waals surface area contributed by atoms with Gasteiger partial charge in [-0.05, 0) is 17.7 Å². The second-order valence-corrected chi connectivity index (χ2v) is 3.90. The van der Waals surface area contributed by atoms with Crippen molar-refractivity contribution in [2.75, 3.05) is 6.61 Å². The lowest BCUT2D eigenvalue weighted by Gasteiger charge is -2.06. The number of ether oxygens (including phenoxy) is 1. The lowest BCUT2D eigenvalue weighted by molar-refractivity contribution is -0.121. The highest BCUT2D eigenvalue weighted by atomic mass is 16.5. The van der Waals surface area contributed by atoms with Gasteiger partial charge in [0.2, 0.25) is 0 Å². The van der Waals surface area contributed by atoms with Crippen molar-refractivity contribution in [3.8, 4) is 5.75 Å². The van der Waals surface area contributed by atoms with Gasteiger partial charge in [0.1, 0.15) is 18.1 Å². The van der Waals surface area contributed by atoms with E-state index in [9.17, 15) is 9.59 Å². The molecule has 0 fully saturated rings. The van der Waals surface area contributed by atoms with Crippen LogP contribution in [0.2, 0.25) is 0 Å². The summed E-state index contributed by atoms with van der Waals surface area (Å²) in [5.74, 6) is 0.917. The van der Waals surface area contributed by atoms with E-state index in [1.807, 2.05) is 45.9 Å². The van der Waals surface area contributed by atoms with E-state index in [-0.39, 0.29) is 18.2 Å². The highest BCUT2D eigenvalue weighted by Gasteiger charge is 2.04. The van der Waals surface area contributed by atoms with Gasteiger partial charge in [0.25, 0.3) is 0 Å². The predicted molar refractivity (Wildman–Crippen MR) is 77.6 cm³/mol. The monoisotopic (exact) mass is 264 g/mol. The van der Waals surface area contributed by atoms with Crippen molar-refractivity contribution in [3.05, 3.63) is 29.8 Å². The van der Waals surface area contributed by atoms with Gasteiger partial charge in [-0.2, -0.15) is 0 Å². The van der Waals surface area contributed by atoms with Crippen molar-refractivity contribution in [3.63, 3.8) is 0 Å². The molecular weight excluding hydrogens is 240 g/mol. The molecule has 1 aromatic carbocycles. The van der Waals surface area contributed by atoms with Gasteiger partial charge in [-0.15, -0.1) is 0 Å². The smallest absolute Gasteiger partial charge is 0.169 e.